The number of unbranched alkanes of at least 4 members (excludes halogenated alkanes) is 2. The van der Waals surface area contributed by atoms with Crippen molar-refractivity contribution in [2.24, 2.45) is 0 Å². The summed E-state index contributed by atoms with van der Waals surface area (Å²) in [7, 11) is 1.45. The Morgan fingerprint density at radius 3 is 2.35 bits per heavy atom. The maximum absolute atomic E-state index is 13.0. The van der Waals surface area contributed by atoms with E-state index in [9.17, 15) is 19.8 Å². The Hall–Kier alpha value is -3.28. The van der Waals surface area contributed by atoms with Gasteiger partial charge in [0.05, 0.1) is 18.7 Å². The monoisotopic (exact) mass is 423 g/mol. The van der Waals surface area contributed by atoms with Gasteiger partial charge in [0.2, 0.25) is 0 Å². The van der Waals surface area contributed by atoms with Crippen LogP contribution in [0.2, 0.25) is 0 Å². The third-order valence-electron chi connectivity index (χ3n) is 5.70. The number of amides is 1. The van der Waals surface area contributed by atoms with Crippen molar-refractivity contribution in [1.82, 2.24) is 4.90 Å². The Bertz CT molecular complexity index is 993. The minimum atomic E-state index is -0.778. The molecule has 0 aromatic heterocycles. The second-order valence-electron chi connectivity index (χ2n) is 7.68. The van der Waals surface area contributed by atoms with Crippen molar-refractivity contribution in [2.75, 3.05) is 13.7 Å². The van der Waals surface area contributed by atoms with Gasteiger partial charge in [-0.15, -0.1) is 0 Å². The van der Waals surface area contributed by atoms with Gasteiger partial charge in [-0.3, -0.25) is 9.59 Å². The number of rotatable bonds is 8. The van der Waals surface area contributed by atoms with Gasteiger partial charge in [-0.1, -0.05) is 57.0 Å². The fraction of sp³-hybridized carbons (Fsp3) is 0.360. The second kappa shape index (κ2) is 9.69. The van der Waals surface area contributed by atoms with E-state index in [1.54, 1.807) is 24.3 Å². The zero-order valence-electron chi connectivity index (χ0n) is 18.2. The van der Waals surface area contributed by atoms with Crippen molar-refractivity contribution in [3.05, 3.63) is 64.7 Å². The molecule has 2 N–H and O–H groups in total. The topological polar surface area (TPSA) is 87.1 Å². The summed E-state index contributed by atoms with van der Waals surface area (Å²) in [5, 5.41) is 21.3. The number of likely N-dealkylation sites (tertiary alicyclic amines) is 1. The molecule has 1 amide bonds. The number of aryl methyl sites for hydroxylation is 1. The Morgan fingerprint density at radius 2 is 1.77 bits per heavy atom. The van der Waals surface area contributed by atoms with E-state index in [2.05, 4.69) is 6.92 Å². The molecule has 1 fully saturated rings. The number of aliphatic hydroxyl groups excluding tert-OH is 1. The van der Waals surface area contributed by atoms with Gasteiger partial charge in [0, 0.05) is 12.1 Å². The fourth-order valence-electron chi connectivity index (χ4n) is 3.92. The summed E-state index contributed by atoms with van der Waals surface area (Å²) in [5.41, 5.74) is 2.16. The van der Waals surface area contributed by atoms with Crippen LogP contribution in [0.1, 0.15) is 55.8 Å². The van der Waals surface area contributed by atoms with Gasteiger partial charge in [-0.25, -0.2) is 0 Å². The lowest BCUT2D eigenvalue weighted by Crippen LogP contribution is -2.30. The summed E-state index contributed by atoms with van der Waals surface area (Å²) in [6.45, 7) is 4.49. The zero-order chi connectivity index (χ0) is 22.5. The normalized spacial score (nSPS) is 17.9. The van der Waals surface area contributed by atoms with Crippen LogP contribution in [0.25, 0.3) is 5.76 Å². The Balaban J connectivity index is 2.12. The molecular formula is C25H29NO5. The van der Waals surface area contributed by atoms with Crippen molar-refractivity contribution in [1.29, 1.82) is 0 Å². The van der Waals surface area contributed by atoms with Gasteiger partial charge in [-0.2, -0.15) is 0 Å². The van der Waals surface area contributed by atoms with Crippen LogP contribution in [0, 0.1) is 0 Å². The highest BCUT2D eigenvalue weighted by molar-refractivity contribution is 6.46. The standard InChI is InChI=1S/C25H29NO5/c1-4-6-7-14-26-22(18-12-13-20(31-3)19(27)15-18)21(24(29)25(26)30)23(28)17-10-8-16(5-2)9-11-17/h8-13,15,22,27-28H,4-7,14H2,1-3H3/b23-21-. The van der Waals surface area contributed by atoms with Crippen molar-refractivity contribution in [2.45, 2.75) is 45.6 Å². The molecule has 164 valence electrons. The molecule has 0 bridgehead atoms. The van der Waals surface area contributed by atoms with E-state index in [0.717, 1.165) is 31.2 Å². The van der Waals surface area contributed by atoms with Crippen LogP contribution in [0.15, 0.2) is 48.0 Å². The Labute approximate surface area is 182 Å². The number of aromatic hydroxyl groups is 1. The summed E-state index contributed by atoms with van der Waals surface area (Å²) >= 11 is 0. The summed E-state index contributed by atoms with van der Waals surface area (Å²) in [6.07, 6.45) is 3.49. The van der Waals surface area contributed by atoms with E-state index in [0.29, 0.717) is 23.4 Å². The first-order chi connectivity index (χ1) is 14.9. The second-order valence-corrected chi connectivity index (χ2v) is 7.68. The van der Waals surface area contributed by atoms with Crippen LogP contribution in [0.5, 0.6) is 11.5 Å². The molecular weight excluding hydrogens is 394 g/mol. The van der Waals surface area contributed by atoms with E-state index in [1.165, 1.54) is 18.1 Å². The number of phenolic OH excluding ortho intramolecular Hbond substituents is 1. The van der Waals surface area contributed by atoms with Crippen LogP contribution in [0.3, 0.4) is 0 Å². The average molecular weight is 424 g/mol. The van der Waals surface area contributed by atoms with E-state index in [-0.39, 0.29) is 17.1 Å². The van der Waals surface area contributed by atoms with Crippen molar-refractivity contribution < 1.29 is 24.5 Å². The average Bonchev–Trinajstić information content (AvgIpc) is 3.03. The lowest BCUT2D eigenvalue weighted by Gasteiger charge is -2.25. The molecule has 1 aliphatic heterocycles. The smallest absolute Gasteiger partial charge is 0.295 e. The van der Waals surface area contributed by atoms with Gasteiger partial charge < -0.3 is 19.8 Å². The number of carbonyl (C=O) groups excluding carboxylic acids is 2. The first kappa shape index (κ1) is 22.4. The molecule has 1 unspecified atom stereocenters. The predicted octanol–water partition coefficient (Wildman–Crippen LogP) is 4.58. The number of hydrogen-bond donors (Lipinski definition) is 2. The fourth-order valence-corrected chi connectivity index (χ4v) is 3.92. The van der Waals surface area contributed by atoms with Crippen molar-refractivity contribution in [3.63, 3.8) is 0 Å². The van der Waals surface area contributed by atoms with Gasteiger partial charge >= 0.3 is 0 Å². The number of ether oxygens (including phenoxy) is 1. The molecule has 6 nitrogen and oxygen atoms in total. The number of phenols is 1. The van der Waals surface area contributed by atoms with E-state index >= 15 is 0 Å². The number of aliphatic hydroxyl groups is 1. The van der Waals surface area contributed by atoms with Crippen LogP contribution >= 0.6 is 0 Å². The van der Waals surface area contributed by atoms with Crippen molar-refractivity contribution >= 4 is 17.4 Å². The highest BCUT2D eigenvalue weighted by atomic mass is 16.5. The highest BCUT2D eigenvalue weighted by Crippen LogP contribution is 2.41. The number of Topliss-reactive ketones (excluding diaryl/α,β-unsaturated/α-hetero) is 1. The zero-order valence-corrected chi connectivity index (χ0v) is 18.2. The molecule has 0 spiro atoms. The summed E-state index contributed by atoms with van der Waals surface area (Å²) < 4.78 is 5.12. The molecule has 2 aromatic carbocycles. The van der Waals surface area contributed by atoms with Gasteiger partial charge in [0.15, 0.2) is 11.5 Å². The van der Waals surface area contributed by atoms with E-state index in [4.69, 9.17) is 4.74 Å². The number of nitrogens with zero attached hydrogens (tertiary/aromatic N) is 1. The molecule has 6 heteroatoms. The SMILES string of the molecule is CCCCCN1C(=O)C(=O)/C(=C(\O)c2ccc(CC)cc2)C1c1ccc(OC)c(O)c1. The number of hydrogen-bond acceptors (Lipinski definition) is 5. The van der Waals surface area contributed by atoms with Gasteiger partial charge in [0.25, 0.3) is 11.7 Å². The number of ketones is 1. The van der Waals surface area contributed by atoms with Crippen LogP contribution in [0.4, 0.5) is 0 Å². The Kier molecular flexibility index (Phi) is 7.00. The van der Waals surface area contributed by atoms with Crippen LogP contribution in [-0.2, 0) is 16.0 Å². The third kappa shape index (κ3) is 4.43. The summed E-state index contributed by atoms with van der Waals surface area (Å²) in [4.78, 5) is 27.4. The minimum Gasteiger partial charge on any atom is -0.507 e. The molecule has 1 heterocycles. The molecule has 1 saturated heterocycles. The maximum Gasteiger partial charge on any atom is 0.295 e. The lowest BCUT2D eigenvalue weighted by atomic mass is 9.94. The molecule has 1 aliphatic rings. The first-order valence-corrected chi connectivity index (χ1v) is 10.7. The van der Waals surface area contributed by atoms with Crippen LogP contribution in [-0.4, -0.2) is 40.5 Å². The Morgan fingerprint density at radius 1 is 1.06 bits per heavy atom. The summed E-state index contributed by atoms with van der Waals surface area (Å²) in [6, 6.07) is 11.3. The van der Waals surface area contributed by atoms with E-state index in [1.807, 2.05) is 19.1 Å². The molecule has 0 aliphatic carbocycles. The highest BCUT2D eigenvalue weighted by Gasteiger charge is 2.45. The van der Waals surface area contributed by atoms with Gasteiger partial charge in [-0.05, 0) is 36.1 Å². The first-order valence-electron chi connectivity index (χ1n) is 10.7. The molecule has 0 saturated carbocycles. The quantitative estimate of drug-likeness (QED) is 0.281. The predicted molar refractivity (Wildman–Crippen MR) is 119 cm³/mol. The third-order valence-corrected chi connectivity index (χ3v) is 5.70. The number of benzene rings is 2. The minimum absolute atomic E-state index is 0.0373. The van der Waals surface area contributed by atoms with E-state index < -0.39 is 17.7 Å². The van der Waals surface area contributed by atoms with Crippen molar-refractivity contribution in [3.8, 4) is 11.5 Å². The molecule has 2 aromatic rings. The molecule has 0 radical (unpaired) electrons. The summed E-state index contributed by atoms with van der Waals surface area (Å²) in [5.74, 6) is -1.36. The lowest BCUT2D eigenvalue weighted by molar-refractivity contribution is -0.139. The number of methoxy groups -OCH3 is 1. The maximum atomic E-state index is 13.0. The molecule has 1 atom stereocenters. The largest absolute Gasteiger partial charge is 0.507 e. The van der Waals surface area contributed by atoms with Crippen LogP contribution < -0.4 is 4.74 Å². The molecule has 31 heavy (non-hydrogen) atoms. The van der Waals surface area contributed by atoms with Gasteiger partial charge in [0.1, 0.15) is 5.76 Å². The number of carbonyl (C=O) groups is 2. The molecule has 3 rings (SSSR count).